The van der Waals surface area contributed by atoms with Gasteiger partial charge in [0.25, 0.3) is 0 Å². The lowest BCUT2D eigenvalue weighted by atomic mass is 9.97. The summed E-state index contributed by atoms with van der Waals surface area (Å²) in [6.45, 7) is 0.828. The largest absolute Gasteiger partial charge is 0.494 e. The highest BCUT2D eigenvalue weighted by Gasteiger charge is 2.33. The first-order valence-corrected chi connectivity index (χ1v) is 11.5. The monoisotopic (exact) mass is 483 g/mol. The number of ether oxygens (including phenoxy) is 1. The van der Waals surface area contributed by atoms with Gasteiger partial charge >= 0.3 is 0 Å². The van der Waals surface area contributed by atoms with E-state index >= 15 is 0 Å². The topological polar surface area (TPSA) is 75.3 Å². The first-order chi connectivity index (χ1) is 13.4. The number of rotatable bonds is 4. The molecule has 1 aliphatic heterocycles. The van der Waals surface area contributed by atoms with Gasteiger partial charge in [-0.2, -0.15) is 4.31 Å². The van der Waals surface area contributed by atoms with Gasteiger partial charge in [-0.15, -0.1) is 0 Å². The number of fused-ring (bicyclic) bond motifs is 1. The van der Waals surface area contributed by atoms with Gasteiger partial charge in [-0.3, -0.25) is 0 Å². The minimum atomic E-state index is -3.72. The number of aromatic amines is 1. The highest BCUT2D eigenvalue weighted by molar-refractivity contribution is 9.10. The molecule has 1 aliphatic rings. The standard InChI is InChI=1S/C19H19BrClN3O3S/c1-27-18-14(20)10-13(21)11-17(18)28(25,26)24-8-6-12(7-9-24)19-22-15-4-2-3-5-16(15)23-19/h2-5,10-12H,6-9H2,1H3,(H,22,23). The third-order valence-electron chi connectivity index (χ3n) is 5.04. The van der Waals surface area contributed by atoms with Gasteiger partial charge in [0, 0.05) is 24.0 Å². The Morgan fingerprint density at radius 3 is 2.64 bits per heavy atom. The SMILES string of the molecule is COc1c(Br)cc(Cl)cc1S(=O)(=O)N1CCC(c2nc3ccccc3[nH]2)CC1. The number of nitrogens with zero attached hydrogens (tertiary/aromatic N) is 2. The lowest BCUT2D eigenvalue weighted by Gasteiger charge is -2.30. The van der Waals surface area contributed by atoms with Crippen molar-refractivity contribution in [3.05, 3.63) is 51.7 Å². The summed E-state index contributed by atoms with van der Waals surface area (Å²) in [4.78, 5) is 8.11. The molecule has 0 radical (unpaired) electrons. The summed E-state index contributed by atoms with van der Waals surface area (Å²) in [5.74, 6) is 1.39. The van der Waals surface area contributed by atoms with Crippen molar-refractivity contribution in [1.29, 1.82) is 0 Å². The first-order valence-electron chi connectivity index (χ1n) is 8.88. The van der Waals surface area contributed by atoms with Gasteiger partial charge in [0.2, 0.25) is 10.0 Å². The quantitative estimate of drug-likeness (QED) is 0.589. The molecule has 1 N–H and O–H groups in total. The van der Waals surface area contributed by atoms with Gasteiger partial charge in [0.1, 0.15) is 10.7 Å². The molecule has 0 atom stereocenters. The second kappa shape index (κ2) is 7.67. The molecule has 0 unspecified atom stereocenters. The highest BCUT2D eigenvalue weighted by atomic mass is 79.9. The number of halogens is 2. The Balaban J connectivity index is 1.56. The molecular formula is C19H19BrClN3O3S. The molecule has 0 bridgehead atoms. The van der Waals surface area contributed by atoms with E-state index in [-0.39, 0.29) is 16.6 Å². The minimum absolute atomic E-state index is 0.0802. The average molecular weight is 485 g/mol. The third kappa shape index (κ3) is 3.54. The normalized spacial score (nSPS) is 16.5. The number of piperidine rings is 1. The maximum Gasteiger partial charge on any atom is 0.246 e. The van der Waals surface area contributed by atoms with Crippen LogP contribution in [0.4, 0.5) is 0 Å². The Labute approximate surface area is 177 Å². The summed E-state index contributed by atoms with van der Waals surface area (Å²) < 4.78 is 33.7. The fourth-order valence-corrected chi connectivity index (χ4v) is 6.44. The second-order valence-corrected chi connectivity index (χ2v) is 9.93. The van der Waals surface area contributed by atoms with Crippen LogP contribution in [0.3, 0.4) is 0 Å². The summed E-state index contributed by atoms with van der Waals surface area (Å²) in [7, 11) is -2.27. The smallest absolute Gasteiger partial charge is 0.246 e. The van der Waals surface area contributed by atoms with Crippen LogP contribution in [0.15, 0.2) is 45.8 Å². The second-order valence-electron chi connectivity index (χ2n) is 6.74. The van der Waals surface area contributed by atoms with Gasteiger partial charge in [0.15, 0.2) is 5.75 Å². The number of para-hydroxylation sites is 2. The fourth-order valence-electron chi connectivity index (χ4n) is 3.60. The van der Waals surface area contributed by atoms with Crippen LogP contribution >= 0.6 is 27.5 Å². The van der Waals surface area contributed by atoms with Crippen molar-refractivity contribution in [3.63, 3.8) is 0 Å². The molecule has 3 aromatic rings. The number of H-pyrrole nitrogens is 1. The Morgan fingerprint density at radius 2 is 1.96 bits per heavy atom. The maximum atomic E-state index is 13.2. The van der Waals surface area contributed by atoms with E-state index in [2.05, 4.69) is 25.9 Å². The molecule has 0 spiro atoms. The summed E-state index contributed by atoms with van der Waals surface area (Å²) in [5, 5.41) is 0.336. The molecule has 6 nitrogen and oxygen atoms in total. The van der Waals surface area contributed by atoms with Crippen LogP contribution in [0, 0.1) is 0 Å². The van der Waals surface area contributed by atoms with E-state index in [1.807, 2.05) is 24.3 Å². The van der Waals surface area contributed by atoms with Crippen molar-refractivity contribution >= 4 is 48.6 Å². The van der Waals surface area contributed by atoms with Gasteiger partial charge < -0.3 is 9.72 Å². The molecule has 2 aromatic carbocycles. The predicted molar refractivity (Wildman–Crippen MR) is 113 cm³/mol. The van der Waals surface area contributed by atoms with E-state index in [1.165, 1.54) is 17.5 Å². The zero-order valence-corrected chi connectivity index (χ0v) is 18.3. The van der Waals surface area contributed by atoms with E-state index in [9.17, 15) is 8.42 Å². The molecule has 1 saturated heterocycles. The summed E-state index contributed by atoms with van der Waals surface area (Å²) in [6.07, 6.45) is 1.40. The molecule has 0 saturated carbocycles. The van der Waals surface area contributed by atoms with Crippen molar-refractivity contribution < 1.29 is 13.2 Å². The molecule has 1 fully saturated rings. The van der Waals surface area contributed by atoms with Gasteiger partial charge in [0.05, 0.1) is 22.6 Å². The molecule has 9 heteroatoms. The highest BCUT2D eigenvalue weighted by Crippen LogP contribution is 2.38. The van der Waals surface area contributed by atoms with Crippen LogP contribution in [0.2, 0.25) is 5.02 Å². The summed E-state index contributed by atoms with van der Waals surface area (Å²) in [5.41, 5.74) is 1.93. The Bertz CT molecular complexity index is 1090. The number of hydrogen-bond donors (Lipinski definition) is 1. The van der Waals surface area contributed by atoms with E-state index in [0.29, 0.717) is 35.4 Å². The minimum Gasteiger partial charge on any atom is -0.494 e. The molecule has 0 amide bonds. The number of methoxy groups -OCH3 is 1. The van der Waals surface area contributed by atoms with Crippen LogP contribution < -0.4 is 4.74 Å². The number of hydrogen-bond acceptors (Lipinski definition) is 4. The van der Waals surface area contributed by atoms with E-state index in [4.69, 9.17) is 16.3 Å². The van der Waals surface area contributed by atoms with Crippen LogP contribution in [0.25, 0.3) is 11.0 Å². The number of nitrogens with one attached hydrogen (secondary N) is 1. The molecular weight excluding hydrogens is 466 g/mol. The summed E-state index contributed by atoms with van der Waals surface area (Å²) >= 11 is 9.41. The van der Waals surface area contributed by atoms with Crippen molar-refractivity contribution in [2.45, 2.75) is 23.7 Å². The lowest BCUT2D eigenvalue weighted by molar-refractivity contribution is 0.312. The van der Waals surface area contributed by atoms with E-state index < -0.39 is 10.0 Å². The van der Waals surface area contributed by atoms with Crippen LogP contribution in [0.5, 0.6) is 5.75 Å². The maximum absolute atomic E-state index is 13.2. The molecule has 1 aromatic heterocycles. The molecule has 4 rings (SSSR count). The van der Waals surface area contributed by atoms with Gasteiger partial charge in [-0.25, -0.2) is 13.4 Å². The third-order valence-corrected chi connectivity index (χ3v) is 7.76. The van der Waals surface area contributed by atoms with Crippen molar-refractivity contribution in [2.75, 3.05) is 20.2 Å². The van der Waals surface area contributed by atoms with Crippen LogP contribution in [0.1, 0.15) is 24.6 Å². The van der Waals surface area contributed by atoms with Crippen molar-refractivity contribution in [2.24, 2.45) is 0 Å². The molecule has 2 heterocycles. The van der Waals surface area contributed by atoms with Crippen molar-refractivity contribution in [3.8, 4) is 5.75 Å². The predicted octanol–water partition coefficient (Wildman–Crippen LogP) is 4.56. The lowest BCUT2D eigenvalue weighted by Crippen LogP contribution is -2.38. The van der Waals surface area contributed by atoms with Gasteiger partial charge in [-0.05, 0) is 53.0 Å². The van der Waals surface area contributed by atoms with Crippen LogP contribution in [-0.2, 0) is 10.0 Å². The zero-order chi connectivity index (χ0) is 19.9. The number of aromatic nitrogens is 2. The Kier molecular flexibility index (Phi) is 5.39. The molecule has 28 heavy (non-hydrogen) atoms. The molecule has 148 valence electrons. The van der Waals surface area contributed by atoms with E-state index in [1.54, 1.807) is 6.07 Å². The zero-order valence-electron chi connectivity index (χ0n) is 15.2. The fraction of sp³-hybridized carbons (Fsp3) is 0.316. The van der Waals surface area contributed by atoms with Crippen LogP contribution in [-0.4, -0.2) is 42.9 Å². The number of benzene rings is 2. The number of sulfonamides is 1. The number of imidazole rings is 1. The van der Waals surface area contributed by atoms with Crippen molar-refractivity contribution in [1.82, 2.24) is 14.3 Å². The van der Waals surface area contributed by atoms with E-state index in [0.717, 1.165) is 16.9 Å². The Morgan fingerprint density at radius 1 is 1.25 bits per heavy atom. The molecule has 0 aliphatic carbocycles. The average Bonchev–Trinajstić information content (AvgIpc) is 3.12. The Hall–Kier alpha value is -1.61. The first kappa shape index (κ1) is 19.7. The summed E-state index contributed by atoms with van der Waals surface area (Å²) in [6, 6.07) is 10.9. The van der Waals surface area contributed by atoms with Gasteiger partial charge in [-0.1, -0.05) is 23.7 Å².